The normalized spacial score (nSPS) is 17.6. The Labute approximate surface area is 231 Å². The van der Waals surface area contributed by atoms with Crippen molar-refractivity contribution in [1.82, 2.24) is 4.57 Å². The van der Waals surface area contributed by atoms with Gasteiger partial charge in [-0.3, -0.25) is 19.0 Å². The monoisotopic (exact) mass is 566 g/mol. The van der Waals surface area contributed by atoms with Crippen LogP contribution in [-0.4, -0.2) is 35.8 Å². The molecule has 3 heterocycles. The second-order valence-electron chi connectivity index (χ2n) is 8.38. The molecule has 0 saturated heterocycles. The minimum Gasteiger partial charge on any atom is -0.466 e. The lowest BCUT2D eigenvalue weighted by Crippen LogP contribution is -2.35. The Bertz CT molecular complexity index is 1680. The van der Waals surface area contributed by atoms with E-state index in [0.29, 0.717) is 19.9 Å². The lowest BCUT2D eigenvalue weighted by molar-refractivity contribution is -0.141. The number of carbonyl (C=O) groups excluding carboxylic acids is 2. The second kappa shape index (κ2) is 10.6. The highest BCUT2D eigenvalue weighted by Crippen LogP contribution is 2.46. The van der Waals surface area contributed by atoms with Gasteiger partial charge in [0.2, 0.25) is 0 Å². The van der Waals surface area contributed by atoms with E-state index in [0.717, 1.165) is 15.6 Å². The highest BCUT2D eigenvalue weighted by molar-refractivity contribution is 8.08. The highest BCUT2D eigenvalue weighted by atomic mass is 35.5. The third-order valence-corrected chi connectivity index (χ3v) is 8.72. The van der Waals surface area contributed by atoms with Crippen LogP contribution in [0, 0.1) is 0 Å². The lowest BCUT2D eigenvalue weighted by atomic mass is 10.1. The van der Waals surface area contributed by atoms with E-state index < -0.39 is 11.9 Å². The van der Waals surface area contributed by atoms with Crippen molar-refractivity contribution < 1.29 is 14.3 Å². The van der Waals surface area contributed by atoms with E-state index >= 15 is 0 Å². The molecule has 8 nitrogen and oxygen atoms in total. The van der Waals surface area contributed by atoms with E-state index in [4.69, 9.17) is 16.3 Å². The van der Waals surface area contributed by atoms with Gasteiger partial charge in [0.1, 0.15) is 14.2 Å². The van der Waals surface area contributed by atoms with Crippen molar-refractivity contribution >= 4 is 74.3 Å². The molecule has 0 bridgehead atoms. The number of hydrogen-bond acceptors (Lipinski definition) is 8. The number of nitrogens with zero attached hydrogens (tertiary/aromatic N) is 4. The third-order valence-electron chi connectivity index (χ3n) is 5.93. The van der Waals surface area contributed by atoms with Gasteiger partial charge in [-0.1, -0.05) is 47.6 Å². The number of para-hydroxylation sites is 1. The first-order chi connectivity index (χ1) is 18.3. The van der Waals surface area contributed by atoms with Crippen LogP contribution in [0.15, 0.2) is 76.0 Å². The van der Waals surface area contributed by atoms with Crippen molar-refractivity contribution in [3.8, 4) is 0 Å². The number of fused-ring (bicyclic) bond motifs is 1. The number of anilines is 2. The van der Waals surface area contributed by atoms with Crippen LogP contribution in [0.5, 0.6) is 0 Å². The lowest BCUT2D eigenvalue weighted by Gasteiger charge is -2.12. The van der Waals surface area contributed by atoms with E-state index in [9.17, 15) is 14.4 Å². The molecule has 194 valence electrons. The average Bonchev–Trinajstić information content (AvgIpc) is 3.51. The van der Waals surface area contributed by atoms with Gasteiger partial charge >= 0.3 is 5.97 Å². The number of ether oxygens (including phenoxy) is 1. The van der Waals surface area contributed by atoms with Crippen LogP contribution in [0.2, 0.25) is 5.02 Å². The number of thioether (sulfide) groups is 1. The number of benzene rings is 2. The molecule has 38 heavy (non-hydrogen) atoms. The molecule has 0 spiro atoms. The zero-order valence-electron chi connectivity index (χ0n) is 20.6. The maximum absolute atomic E-state index is 13.8. The number of allylic oxidation sites excluding steroid dienone is 1. The van der Waals surface area contributed by atoms with Crippen LogP contribution in [0.4, 0.5) is 11.4 Å². The maximum Gasteiger partial charge on any atom is 0.311 e. The molecule has 0 atom stereocenters. The fraction of sp³-hybridized carbons (Fsp3) is 0.185. The van der Waals surface area contributed by atoms with E-state index in [-0.39, 0.29) is 36.4 Å². The molecular formula is C27H23ClN4O4S2. The quantitative estimate of drug-likeness (QED) is 0.335. The summed E-state index contributed by atoms with van der Waals surface area (Å²) in [6.45, 7) is 5.90. The van der Waals surface area contributed by atoms with Gasteiger partial charge in [0, 0.05) is 23.5 Å². The van der Waals surface area contributed by atoms with Crippen LogP contribution >= 0.6 is 34.7 Å². The summed E-state index contributed by atoms with van der Waals surface area (Å²) >= 11 is 8.88. The molecule has 1 aromatic heterocycles. The topological polar surface area (TPSA) is 84.2 Å². The summed E-state index contributed by atoms with van der Waals surface area (Å²) < 4.78 is 7.53. The van der Waals surface area contributed by atoms with Crippen LogP contribution in [-0.2, 0) is 20.9 Å². The molecule has 0 radical (unpaired) electrons. The number of hydrogen-bond donors (Lipinski definition) is 0. The molecule has 0 fully saturated rings. The van der Waals surface area contributed by atoms with E-state index in [1.54, 1.807) is 37.3 Å². The Hall–Kier alpha value is -3.60. The molecule has 2 aliphatic heterocycles. The van der Waals surface area contributed by atoms with Crippen molar-refractivity contribution in [3.05, 3.63) is 85.8 Å². The van der Waals surface area contributed by atoms with Crippen LogP contribution < -0.4 is 24.7 Å². The van der Waals surface area contributed by atoms with Crippen LogP contribution in [0.3, 0.4) is 0 Å². The maximum atomic E-state index is 13.8. The molecule has 11 heteroatoms. The van der Waals surface area contributed by atoms with Gasteiger partial charge in [-0.25, -0.2) is 0 Å². The first-order valence-corrected chi connectivity index (χ1v) is 13.8. The van der Waals surface area contributed by atoms with Crippen molar-refractivity contribution in [3.63, 3.8) is 0 Å². The van der Waals surface area contributed by atoms with Crippen molar-refractivity contribution in [2.24, 2.45) is 5.10 Å². The Kier molecular flexibility index (Phi) is 7.29. The van der Waals surface area contributed by atoms with Gasteiger partial charge in [-0.15, -0.1) is 17.9 Å². The van der Waals surface area contributed by atoms with Crippen molar-refractivity contribution in [1.29, 1.82) is 0 Å². The van der Waals surface area contributed by atoms with Gasteiger partial charge in [0.15, 0.2) is 0 Å². The molecular weight excluding hydrogens is 544 g/mol. The van der Waals surface area contributed by atoms with E-state index in [1.807, 2.05) is 36.2 Å². The zero-order valence-corrected chi connectivity index (χ0v) is 23.0. The number of rotatable bonds is 6. The minimum absolute atomic E-state index is 0.180. The fourth-order valence-electron chi connectivity index (χ4n) is 4.22. The molecule has 0 aliphatic carbocycles. The van der Waals surface area contributed by atoms with E-state index in [1.165, 1.54) is 32.7 Å². The van der Waals surface area contributed by atoms with Crippen LogP contribution in [0.1, 0.15) is 13.3 Å². The first kappa shape index (κ1) is 26.0. The molecule has 2 aromatic carbocycles. The molecule has 3 aromatic rings. The average molecular weight is 567 g/mol. The number of esters is 1. The van der Waals surface area contributed by atoms with Gasteiger partial charge in [0.25, 0.3) is 11.5 Å². The smallest absolute Gasteiger partial charge is 0.311 e. The highest BCUT2D eigenvalue weighted by Gasteiger charge is 2.35. The third kappa shape index (κ3) is 4.59. The minimum atomic E-state index is -0.506. The number of amides is 1. The van der Waals surface area contributed by atoms with Gasteiger partial charge in [0.05, 0.1) is 35.7 Å². The Morgan fingerprint density at radius 3 is 2.66 bits per heavy atom. The summed E-state index contributed by atoms with van der Waals surface area (Å²) in [5, 5.41) is 7.09. The van der Waals surface area contributed by atoms with Gasteiger partial charge < -0.3 is 9.64 Å². The van der Waals surface area contributed by atoms with Crippen molar-refractivity contribution in [2.45, 2.75) is 24.8 Å². The summed E-state index contributed by atoms with van der Waals surface area (Å²) in [5.41, 5.74) is 1.63. The predicted octanol–water partition coefficient (Wildman–Crippen LogP) is 3.56. The number of hydrazone groups is 1. The molecule has 0 unspecified atom stereocenters. The molecule has 0 N–H and O–H groups in total. The van der Waals surface area contributed by atoms with E-state index in [2.05, 4.69) is 11.7 Å². The first-order valence-electron chi connectivity index (χ1n) is 11.8. The summed E-state index contributed by atoms with van der Waals surface area (Å²) in [6.07, 6.45) is 1.39. The predicted molar refractivity (Wildman–Crippen MR) is 153 cm³/mol. The molecule has 5 rings (SSSR count). The Morgan fingerprint density at radius 1 is 1.18 bits per heavy atom. The number of aromatic nitrogens is 1. The van der Waals surface area contributed by atoms with Gasteiger partial charge in [-0.05, 0) is 37.3 Å². The summed E-state index contributed by atoms with van der Waals surface area (Å²) in [5.74, 6) is -0.928. The second-order valence-corrected chi connectivity index (χ2v) is 10.8. The number of carbonyl (C=O) groups is 2. The number of thiazole rings is 1. The summed E-state index contributed by atoms with van der Waals surface area (Å²) in [6, 6.07) is 14.5. The molecule has 0 saturated carbocycles. The SMILES string of the molecule is C=CCn1c(=O)/c(=C2/Sc3ccc(Cl)cc3N2C)s/c1=C1/C(=O)N(c2ccccc2)N=C1CC(=O)OCC. The van der Waals surface area contributed by atoms with Crippen LogP contribution in [0.25, 0.3) is 10.6 Å². The molecule has 2 aliphatic rings. The molecule has 1 amide bonds. The van der Waals surface area contributed by atoms with Gasteiger partial charge in [-0.2, -0.15) is 10.1 Å². The largest absolute Gasteiger partial charge is 0.466 e. The standard InChI is InChI=1S/C27H23ClN4O4S2/c1-4-13-31-25(35)23(27-30(3)19-14-16(28)11-12-20(19)37-27)38-26(31)22-18(15-21(33)36-5-2)29-32(24(22)34)17-9-7-6-8-10-17/h4,6-12,14H,1,5,13,15H2,2-3H3/b26-22+,27-23-. The fourth-order valence-corrected chi connectivity index (χ4v) is 6.89. The summed E-state index contributed by atoms with van der Waals surface area (Å²) in [7, 11) is 1.87. The Balaban J connectivity index is 1.75. The Morgan fingerprint density at radius 2 is 1.95 bits per heavy atom. The van der Waals surface area contributed by atoms with Crippen molar-refractivity contribution in [2.75, 3.05) is 23.6 Å². The summed E-state index contributed by atoms with van der Waals surface area (Å²) in [4.78, 5) is 42.9. The number of halogens is 1. The zero-order chi connectivity index (χ0) is 27.0.